The standard InChI is InChI=1S/C20H16Cl3F3N2O6S/c21-13-2-1-11(20(24,25)26)7-16(13)27-18(29)10-34-19(30)12-8-17(15(23)9-14(12)22)35(31,32)28-3-5-33-6-4-28/h1-2,7-9H,3-6,10H2,(H,27,29). The third-order valence-electron chi connectivity index (χ3n) is 4.73. The van der Waals surface area contributed by atoms with Gasteiger partial charge in [0.1, 0.15) is 4.90 Å². The predicted octanol–water partition coefficient (Wildman–Crippen LogP) is 4.48. The van der Waals surface area contributed by atoms with Gasteiger partial charge in [-0.3, -0.25) is 4.79 Å². The van der Waals surface area contributed by atoms with Gasteiger partial charge in [0, 0.05) is 13.1 Å². The first-order valence-electron chi connectivity index (χ1n) is 9.71. The number of rotatable bonds is 6. The average Bonchev–Trinajstić information content (AvgIpc) is 2.78. The molecular weight excluding hydrogens is 560 g/mol. The Morgan fingerprint density at radius 3 is 2.31 bits per heavy atom. The second-order valence-corrected chi connectivity index (χ2v) is 10.2. The second-order valence-electron chi connectivity index (χ2n) is 7.10. The molecule has 1 fully saturated rings. The van der Waals surface area contributed by atoms with Crippen LogP contribution in [0.15, 0.2) is 35.2 Å². The first-order chi connectivity index (χ1) is 16.3. The van der Waals surface area contributed by atoms with Gasteiger partial charge in [0.25, 0.3) is 5.91 Å². The van der Waals surface area contributed by atoms with E-state index < -0.39 is 45.1 Å². The number of ether oxygens (including phenoxy) is 2. The molecule has 35 heavy (non-hydrogen) atoms. The molecule has 0 unspecified atom stereocenters. The lowest BCUT2D eigenvalue weighted by Gasteiger charge is -2.26. The van der Waals surface area contributed by atoms with Crippen molar-refractivity contribution in [2.45, 2.75) is 11.1 Å². The highest BCUT2D eigenvalue weighted by molar-refractivity contribution is 7.89. The van der Waals surface area contributed by atoms with E-state index in [-0.39, 0.29) is 52.6 Å². The minimum Gasteiger partial charge on any atom is -0.452 e. The third-order valence-corrected chi connectivity index (χ3v) is 7.74. The number of morpholine rings is 1. The van der Waals surface area contributed by atoms with Crippen molar-refractivity contribution in [3.8, 4) is 0 Å². The van der Waals surface area contributed by atoms with Crippen LogP contribution in [0.4, 0.5) is 18.9 Å². The summed E-state index contributed by atoms with van der Waals surface area (Å²) in [5, 5.41) is 1.48. The summed E-state index contributed by atoms with van der Waals surface area (Å²) >= 11 is 17.9. The minimum atomic E-state index is -4.67. The van der Waals surface area contributed by atoms with E-state index in [1.54, 1.807) is 0 Å². The Bertz CT molecular complexity index is 1250. The van der Waals surface area contributed by atoms with E-state index in [2.05, 4.69) is 5.32 Å². The van der Waals surface area contributed by atoms with Crippen LogP contribution >= 0.6 is 34.8 Å². The number of anilines is 1. The van der Waals surface area contributed by atoms with Crippen LogP contribution in [-0.2, 0) is 30.5 Å². The Balaban J connectivity index is 1.74. The molecule has 8 nitrogen and oxygen atoms in total. The number of nitrogens with zero attached hydrogens (tertiary/aromatic N) is 1. The fourth-order valence-electron chi connectivity index (χ4n) is 3.00. The molecule has 0 aromatic heterocycles. The Labute approximate surface area is 212 Å². The van der Waals surface area contributed by atoms with Crippen molar-refractivity contribution >= 4 is 62.4 Å². The normalized spacial score (nSPS) is 15.0. The fraction of sp³-hybridized carbons (Fsp3) is 0.300. The molecule has 0 spiro atoms. The zero-order chi connectivity index (χ0) is 26.0. The number of halogens is 6. The van der Waals surface area contributed by atoms with Crippen LogP contribution in [0.3, 0.4) is 0 Å². The molecule has 15 heteroatoms. The number of alkyl halides is 3. The van der Waals surface area contributed by atoms with Crippen molar-refractivity contribution in [1.82, 2.24) is 4.31 Å². The van der Waals surface area contributed by atoms with Crippen LogP contribution in [0.1, 0.15) is 15.9 Å². The quantitative estimate of drug-likeness (QED) is 0.510. The van der Waals surface area contributed by atoms with E-state index in [0.29, 0.717) is 6.07 Å². The first kappa shape index (κ1) is 27.5. The molecule has 0 aliphatic carbocycles. The third kappa shape index (κ3) is 6.57. The summed E-state index contributed by atoms with van der Waals surface area (Å²) in [4.78, 5) is 24.3. The molecule has 0 atom stereocenters. The highest BCUT2D eigenvalue weighted by Crippen LogP contribution is 2.34. The summed E-state index contributed by atoms with van der Waals surface area (Å²) in [6.45, 7) is -0.386. The maximum absolute atomic E-state index is 12.9. The van der Waals surface area contributed by atoms with Crippen LogP contribution in [0, 0.1) is 0 Å². The zero-order valence-electron chi connectivity index (χ0n) is 17.5. The highest BCUT2D eigenvalue weighted by Gasteiger charge is 2.32. The summed E-state index contributed by atoms with van der Waals surface area (Å²) in [6, 6.07) is 4.30. The van der Waals surface area contributed by atoms with E-state index in [4.69, 9.17) is 44.3 Å². The van der Waals surface area contributed by atoms with E-state index in [1.807, 2.05) is 0 Å². The van der Waals surface area contributed by atoms with Gasteiger partial charge in [0.15, 0.2) is 6.61 Å². The molecular formula is C20H16Cl3F3N2O6S. The monoisotopic (exact) mass is 574 g/mol. The van der Waals surface area contributed by atoms with Crippen molar-refractivity contribution in [2.24, 2.45) is 0 Å². The lowest BCUT2D eigenvalue weighted by atomic mass is 10.2. The van der Waals surface area contributed by atoms with Crippen LogP contribution in [0.5, 0.6) is 0 Å². The maximum Gasteiger partial charge on any atom is 0.416 e. The summed E-state index contributed by atoms with van der Waals surface area (Å²) in [5.41, 5.74) is -1.77. The van der Waals surface area contributed by atoms with Gasteiger partial charge in [-0.2, -0.15) is 17.5 Å². The summed E-state index contributed by atoms with van der Waals surface area (Å²) in [6.07, 6.45) is -4.67. The molecule has 190 valence electrons. The number of hydrogen-bond acceptors (Lipinski definition) is 6. The highest BCUT2D eigenvalue weighted by atomic mass is 35.5. The first-order valence-corrected chi connectivity index (χ1v) is 12.3. The molecule has 1 aliphatic heterocycles. The number of nitrogens with one attached hydrogen (secondary N) is 1. The van der Waals surface area contributed by atoms with Crippen LogP contribution in [-0.4, -0.2) is 57.5 Å². The van der Waals surface area contributed by atoms with Crippen LogP contribution in [0.2, 0.25) is 15.1 Å². The van der Waals surface area contributed by atoms with Crippen molar-refractivity contribution in [1.29, 1.82) is 0 Å². The number of carbonyl (C=O) groups is 2. The van der Waals surface area contributed by atoms with Gasteiger partial charge >= 0.3 is 12.1 Å². The van der Waals surface area contributed by atoms with Gasteiger partial charge < -0.3 is 14.8 Å². The average molecular weight is 576 g/mol. The SMILES string of the molecule is O=C(COC(=O)c1cc(S(=O)(=O)N2CCOCC2)c(Cl)cc1Cl)Nc1cc(C(F)(F)F)ccc1Cl. The molecule has 3 rings (SSSR count). The molecule has 2 aromatic carbocycles. The van der Waals surface area contributed by atoms with Crippen molar-refractivity contribution < 1.29 is 40.7 Å². The number of carbonyl (C=O) groups excluding carboxylic acids is 2. The number of amides is 1. The maximum atomic E-state index is 12.9. The van der Waals surface area contributed by atoms with E-state index in [9.17, 15) is 31.2 Å². The molecule has 0 saturated carbocycles. The molecule has 1 saturated heterocycles. The molecule has 1 N–H and O–H groups in total. The molecule has 0 radical (unpaired) electrons. The van der Waals surface area contributed by atoms with Gasteiger partial charge in [-0.25, -0.2) is 13.2 Å². The largest absolute Gasteiger partial charge is 0.452 e. The summed E-state index contributed by atoms with van der Waals surface area (Å²) in [5.74, 6) is -2.15. The number of sulfonamides is 1. The van der Waals surface area contributed by atoms with Crippen LogP contribution in [0.25, 0.3) is 0 Å². The lowest BCUT2D eigenvalue weighted by Crippen LogP contribution is -2.40. The lowest BCUT2D eigenvalue weighted by molar-refractivity contribution is -0.137. The van der Waals surface area contributed by atoms with E-state index >= 15 is 0 Å². The van der Waals surface area contributed by atoms with Crippen molar-refractivity contribution in [2.75, 3.05) is 38.2 Å². The number of benzene rings is 2. The molecule has 2 aromatic rings. The number of esters is 1. The minimum absolute atomic E-state index is 0.0827. The fourth-order valence-corrected chi connectivity index (χ4v) is 5.40. The Morgan fingerprint density at radius 2 is 1.69 bits per heavy atom. The zero-order valence-corrected chi connectivity index (χ0v) is 20.6. The van der Waals surface area contributed by atoms with Gasteiger partial charge in [0.05, 0.1) is 45.1 Å². The van der Waals surface area contributed by atoms with Gasteiger partial charge in [0.2, 0.25) is 10.0 Å². The summed E-state index contributed by atoms with van der Waals surface area (Å²) in [7, 11) is -4.09. The Kier molecular flexibility index (Phi) is 8.56. The van der Waals surface area contributed by atoms with E-state index in [1.165, 1.54) is 0 Å². The van der Waals surface area contributed by atoms with Gasteiger partial charge in [-0.05, 0) is 30.3 Å². The van der Waals surface area contributed by atoms with Crippen LogP contribution < -0.4 is 5.32 Å². The smallest absolute Gasteiger partial charge is 0.416 e. The summed E-state index contributed by atoms with van der Waals surface area (Å²) < 4.78 is 75.6. The predicted molar refractivity (Wildman–Crippen MR) is 121 cm³/mol. The van der Waals surface area contributed by atoms with Gasteiger partial charge in [-0.15, -0.1) is 0 Å². The molecule has 1 aliphatic rings. The Hall–Kier alpha value is -2.09. The van der Waals surface area contributed by atoms with Crippen molar-refractivity contribution in [3.63, 3.8) is 0 Å². The molecule has 1 amide bonds. The Morgan fingerprint density at radius 1 is 1.03 bits per heavy atom. The molecule has 0 bridgehead atoms. The molecule has 1 heterocycles. The topological polar surface area (TPSA) is 102 Å². The second kappa shape index (κ2) is 10.9. The van der Waals surface area contributed by atoms with Gasteiger partial charge in [-0.1, -0.05) is 34.8 Å². The van der Waals surface area contributed by atoms with Crippen molar-refractivity contribution in [3.05, 3.63) is 56.5 Å². The number of hydrogen-bond donors (Lipinski definition) is 1. The van der Waals surface area contributed by atoms with E-state index in [0.717, 1.165) is 28.6 Å².